The highest BCUT2D eigenvalue weighted by Crippen LogP contribution is 2.22. The van der Waals surface area contributed by atoms with Gasteiger partial charge in [0, 0.05) is 31.9 Å². The molecule has 10 nitrogen and oxygen atoms in total. The van der Waals surface area contributed by atoms with Gasteiger partial charge in [-0.05, 0) is 36.8 Å². The molecule has 0 aliphatic carbocycles. The number of hydrogen-bond donors (Lipinski definition) is 2. The fraction of sp³-hybridized carbons (Fsp3) is 0.238. The molecule has 0 spiro atoms. The Balaban J connectivity index is 1.20. The van der Waals surface area contributed by atoms with Crippen LogP contribution < -0.4 is 10.0 Å². The van der Waals surface area contributed by atoms with E-state index in [1.165, 1.54) is 0 Å². The largest absolute Gasteiger partial charge is 0.355 e. The first-order chi connectivity index (χ1) is 15.3. The Labute approximate surface area is 184 Å². The maximum absolute atomic E-state index is 12.3. The zero-order valence-corrected chi connectivity index (χ0v) is 17.8. The number of anilines is 1. The molecule has 11 heteroatoms. The van der Waals surface area contributed by atoms with Gasteiger partial charge in [0.05, 0.1) is 28.1 Å². The highest BCUT2D eigenvalue weighted by Gasteiger charge is 2.34. The molecule has 0 saturated heterocycles. The summed E-state index contributed by atoms with van der Waals surface area (Å²) in [7, 11) is -3.65. The lowest BCUT2D eigenvalue weighted by Crippen LogP contribution is -2.33. The zero-order chi connectivity index (χ0) is 22.7. The Morgan fingerprint density at radius 2 is 1.75 bits per heavy atom. The van der Waals surface area contributed by atoms with Crippen LogP contribution in [-0.2, 0) is 14.8 Å². The predicted molar refractivity (Wildman–Crippen MR) is 117 cm³/mol. The molecule has 3 aromatic rings. The molecule has 166 valence electrons. The first-order valence-corrected chi connectivity index (χ1v) is 11.7. The average Bonchev–Trinajstić information content (AvgIpc) is 3.31. The summed E-state index contributed by atoms with van der Waals surface area (Å²) in [5.74, 6) is -1.37. The molecule has 0 atom stereocenters. The molecule has 0 bridgehead atoms. The van der Waals surface area contributed by atoms with Crippen LogP contribution in [-0.4, -0.2) is 59.5 Å². The van der Waals surface area contributed by atoms with Gasteiger partial charge < -0.3 is 5.32 Å². The summed E-state index contributed by atoms with van der Waals surface area (Å²) < 4.78 is 28.6. The molecular weight excluding hydrogens is 434 g/mol. The van der Waals surface area contributed by atoms with Crippen LogP contribution in [0, 0.1) is 0 Å². The number of aromatic nitrogens is 2. The number of amides is 3. The van der Waals surface area contributed by atoms with Gasteiger partial charge in [0.1, 0.15) is 0 Å². The molecule has 3 amide bonds. The number of nitrogens with one attached hydrogen (secondary N) is 2. The van der Waals surface area contributed by atoms with Crippen molar-refractivity contribution in [1.29, 1.82) is 0 Å². The third kappa shape index (κ3) is 4.62. The number of hydrogen-bond acceptors (Lipinski definition) is 6. The number of nitrogens with zero attached hydrogens (tertiary/aromatic N) is 3. The number of imide groups is 1. The minimum absolute atomic E-state index is 0.0594. The second kappa shape index (κ2) is 8.79. The molecule has 4 rings (SSSR count). The number of sulfonamides is 1. The molecule has 32 heavy (non-hydrogen) atoms. The Morgan fingerprint density at radius 3 is 2.47 bits per heavy atom. The van der Waals surface area contributed by atoms with Crippen molar-refractivity contribution in [3.05, 3.63) is 66.0 Å². The van der Waals surface area contributed by atoms with Crippen molar-refractivity contribution in [2.24, 2.45) is 0 Å². The molecule has 0 saturated carbocycles. The van der Waals surface area contributed by atoms with Gasteiger partial charge in [0.25, 0.3) is 11.8 Å². The van der Waals surface area contributed by atoms with Crippen LogP contribution in [0.1, 0.15) is 33.6 Å². The van der Waals surface area contributed by atoms with Crippen LogP contribution in [0.2, 0.25) is 0 Å². The second-order valence-corrected chi connectivity index (χ2v) is 9.14. The highest BCUT2D eigenvalue weighted by atomic mass is 32.2. The van der Waals surface area contributed by atoms with E-state index in [1.807, 2.05) is 0 Å². The topological polar surface area (TPSA) is 130 Å². The van der Waals surface area contributed by atoms with Gasteiger partial charge >= 0.3 is 0 Å². The fourth-order valence-corrected chi connectivity index (χ4v) is 4.43. The number of pyridine rings is 1. The molecule has 2 N–H and O–H groups in total. The van der Waals surface area contributed by atoms with Crippen LogP contribution in [0.25, 0.3) is 5.52 Å². The normalized spacial score (nSPS) is 13.4. The Hall–Kier alpha value is -3.73. The van der Waals surface area contributed by atoms with E-state index >= 15 is 0 Å². The lowest BCUT2D eigenvalue weighted by atomic mass is 10.1. The predicted octanol–water partition coefficient (Wildman–Crippen LogP) is 1.27. The quantitative estimate of drug-likeness (QED) is 0.468. The molecule has 1 aliphatic heterocycles. The lowest BCUT2D eigenvalue weighted by molar-refractivity contribution is -0.121. The SMILES string of the molecule is O=C(CCCN1C(=O)c2ccccc2C1=O)NCCS(=O)(=O)Nc1ccn2nccc2c1. The molecule has 0 radical (unpaired) electrons. The minimum Gasteiger partial charge on any atom is -0.355 e. The lowest BCUT2D eigenvalue weighted by Gasteiger charge is -2.13. The van der Waals surface area contributed by atoms with Crippen molar-refractivity contribution < 1.29 is 22.8 Å². The maximum Gasteiger partial charge on any atom is 0.261 e. The van der Waals surface area contributed by atoms with Gasteiger partial charge in [-0.2, -0.15) is 5.10 Å². The highest BCUT2D eigenvalue weighted by molar-refractivity contribution is 7.92. The van der Waals surface area contributed by atoms with Crippen molar-refractivity contribution in [1.82, 2.24) is 19.8 Å². The molecule has 1 aromatic carbocycles. The van der Waals surface area contributed by atoms with Crippen molar-refractivity contribution in [2.45, 2.75) is 12.8 Å². The van der Waals surface area contributed by atoms with Gasteiger partial charge in [0.15, 0.2) is 0 Å². The van der Waals surface area contributed by atoms with Crippen LogP contribution in [0.3, 0.4) is 0 Å². The third-order valence-corrected chi connectivity index (χ3v) is 6.32. The van der Waals surface area contributed by atoms with E-state index in [9.17, 15) is 22.8 Å². The average molecular weight is 455 g/mol. The third-order valence-electron chi connectivity index (χ3n) is 5.03. The first kappa shape index (κ1) is 21.5. The van der Waals surface area contributed by atoms with E-state index in [1.54, 1.807) is 59.4 Å². The summed E-state index contributed by atoms with van der Waals surface area (Å²) in [5, 5.41) is 6.60. The number of carbonyl (C=O) groups excluding carboxylic acids is 3. The minimum atomic E-state index is -3.65. The number of benzene rings is 1. The van der Waals surface area contributed by atoms with E-state index in [0.717, 1.165) is 10.4 Å². The molecular formula is C21H21N5O5S. The number of rotatable bonds is 9. The van der Waals surface area contributed by atoms with E-state index in [-0.39, 0.29) is 49.4 Å². The van der Waals surface area contributed by atoms with Gasteiger partial charge in [-0.1, -0.05) is 12.1 Å². The van der Waals surface area contributed by atoms with Crippen molar-refractivity contribution in [3.63, 3.8) is 0 Å². The monoisotopic (exact) mass is 455 g/mol. The van der Waals surface area contributed by atoms with E-state index < -0.39 is 10.0 Å². The van der Waals surface area contributed by atoms with Gasteiger partial charge in [0.2, 0.25) is 15.9 Å². The molecule has 3 heterocycles. The Kier molecular flexibility index (Phi) is 5.91. The van der Waals surface area contributed by atoms with Crippen LogP contribution >= 0.6 is 0 Å². The molecule has 0 fully saturated rings. The fourth-order valence-electron chi connectivity index (χ4n) is 3.47. The van der Waals surface area contributed by atoms with Gasteiger partial charge in [-0.25, -0.2) is 12.9 Å². The van der Waals surface area contributed by atoms with E-state index in [4.69, 9.17) is 0 Å². The zero-order valence-electron chi connectivity index (χ0n) is 17.0. The van der Waals surface area contributed by atoms with Gasteiger partial charge in [-0.3, -0.25) is 24.0 Å². The summed E-state index contributed by atoms with van der Waals surface area (Å²) in [6, 6.07) is 11.6. The van der Waals surface area contributed by atoms with Crippen molar-refractivity contribution in [3.8, 4) is 0 Å². The number of fused-ring (bicyclic) bond motifs is 2. The molecule has 2 aromatic heterocycles. The van der Waals surface area contributed by atoms with Crippen molar-refractivity contribution in [2.75, 3.05) is 23.6 Å². The van der Waals surface area contributed by atoms with Crippen molar-refractivity contribution >= 4 is 38.9 Å². The van der Waals surface area contributed by atoms with Gasteiger partial charge in [-0.15, -0.1) is 0 Å². The summed E-state index contributed by atoms with van der Waals surface area (Å²) in [6.45, 7) is 0.0623. The summed E-state index contributed by atoms with van der Waals surface area (Å²) in [4.78, 5) is 37.8. The van der Waals surface area contributed by atoms with E-state index in [2.05, 4.69) is 15.1 Å². The Bertz CT molecular complexity index is 1270. The standard InChI is InChI=1S/C21H21N5O5S/c27-19(6-3-11-25-20(28)17-4-1-2-5-18(17)21(25)29)22-10-13-32(30,31)24-15-8-12-26-16(14-15)7-9-23-26/h1-2,4-5,7-9,12,14,24H,3,6,10-11,13H2,(H,22,27). The van der Waals surface area contributed by atoms with Crippen LogP contribution in [0.5, 0.6) is 0 Å². The van der Waals surface area contributed by atoms with Crippen LogP contribution in [0.15, 0.2) is 54.9 Å². The maximum atomic E-state index is 12.3. The number of carbonyl (C=O) groups is 3. The summed E-state index contributed by atoms with van der Waals surface area (Å²) in [6.07, 6.45) is 3.60. The summed E-state index contributed by atoms with van der Waals surface area (Å²) in [5.41, 5.74) is 1.89. The van der Waals surface area contributed by atoms with Crippen LogP contribution in [0.4, 0.5) is 5.69 Å². The smallest absolute Gasteiger partial charge is 0.261 e. The Morgan fingerprint density at radius 1 is 1.03 bits per heavy atom. The molecule has 0 unspecified atom stereocenters. The summed E-state index contributed by atoms with van der Waals surface area (Å²) >= 11 is 0. The first-order valence-electron chi connectivity index (χ1n) is 10.00. The second-order valence-electron chi connectivity index (χ2n) is 7.30. The molecule has 1 aliphatic rings. The van der Waals surface area contributed by atoms with E-state index in [0.29, 0.717) is 16.8 Å².